The number of benzene rings is 2. The molecule has 2 aromatic carbocycles. The Morgan fingerprint density at radius 1 is 1.16 bits per heavy atom. The lowest BCUT2D eigenvalue weighted by atomic mass is 9.96. The van der Waals surface area contributed by atoms with Crippen molar-refractivity contribution in [3.8, 4) is 5.75 Å². The summed E-state index contributed by atoms with van der Waals surface area (Å²) in [5.41, 5.74) is -0.885. The highest BCUT2D eigenvalue weighted by Crippen LogP contribution is 2.34. The van der Waals surface area contributed by atoms with Crippen LogP contribution in [0.1, 0.15) is 11.1 Å². The largest absolute Gasteiger partial charge is 0.496 e. The average Bonchev–Trinajstić information content (AvgIpc) is 2.87. The average molecular weight is 491 g/mol. The first-order valence-electron chi connectivity index (χ1n) is 9.26. The maximum Gasteiger partial charge on any atom is 0.416 e. The summed E-state index contributed by atoms with van der Waals surface area (Å²) >= 11 is 5.78. The number of ether oxygens (including phenoxy) is 1. The van der Waals surface area contributed by atoms with E-state index in [0.717, 1.165) is 18.2 Å². The molecule has 0 bridgehead atoms. The van der Waals surface area contributed by atoms with E-state index in [-0.39, 0.29) is 34.2 Å². The van der Waals surface area contributed by atoms with Crippen molar-refractivity contribution in [3.05, 3.63) is 58.6 Å². The first-order valence-corrected chi connectivity index (χ1v) is 11.1. The van der Waals surface area contributed by atoms with Crippen LogP contribution < -0.4 is 10.1 Å². The third-order valence-corrected chi connectivity index (χ3v) is 6.91. The number of amides is 2. The summed E-state index contributed by atoms with van der Waals surface area (Å²) in [5, 5.41) is 2.72. The lowest BCUT2D eigenvalue weighted by Crippen LogP contribution is -2.42. The van der Waals surface area contributed by atoms with Gasteiger partial charge in [0.2, 0.25) is 11.8 Å². The van der Waals surface area contributed by atoms with E-state index in [4.69, 9.17) is 16.3 Å². The molecule has 1 fully saturated rings. The Kier molecular flexibility index (Phi) is 6.70. The molecular weight excluding hydrogens is 473 g/mol. The van der Waals surface area contributed by atoms with Crippen molar-refractivity contribution in [3.63, 3.8) is 0 Å². The van der Waals surface area contributed by atoms with E-state index in [0.29, 0.717) is 4.31 Å². The summed E-state index contributed by atoms with van der Waals surface area (Å²) in [4.78, 5) is 25.0. The van der Waals surface area contributed by atoms with Crippen molar-refractivity contribution < 1.29 is 35.9 Å². The van der Waals surface area contributed by atoms with Crippen molar-refractivity contribution in [1.82, 2.24) is 9.62 Å². The van der Waals surface area contributed by atoms with Gasteiger partial charge in [0.1, 0.15) is 12.3 Å². The van der Waals surface area contributed by atoms with Crippen LogP contribution in [0.3, 0.4) is 0 Å². The number of carbonyl (C=O) groups excluding carboxylic acids is 2. The Labute approximate surface area is 187 Å². The van der Waals surface area contributed by atoms with Crippen LogP contribution in [0.25, 0.3) is 0 Å². The summed E-state index contributed by atoms with van der Waals surface area (Å²) < 4.78 is 71.0. The van der Waals surface area contributed by atoms with Gasteiger partial charge in [0, 0.05) is 11.6 Å². The molecule has 0 aromatic heterocycles. The number of alkyl halides is 3. The van der Waals surface area contributed by atoms with Crippen molar-refractivity contribution in [2.75, 3.05) is 20.2 Å². The quantitative estimate of drug-likeness (QED) is 0.695. The number of carbonyl (C=O) groups is 2. The van der Waals surface area contributed by atoms with Gasteiger partial charge in [-0.15, -0.1) is 0 Å². The predicted octanol–water partition coefficient (Wildman–Crippen LogP) is 2.87. The van der Waals surface area contributed by atoms with Crippen LogP contribution in [0.5, 0.6) is 5.75 Å². The molecular formula is C20H18ClF3N2O5S. The number of halogens is 4. The van der Waals surface area contributed by atoms with Crippen molar-refractivity contribution >= 4 is 33.4 Å². The SMILES string of the molecule is COc1ccc(C(F)(F)F)cc1CC1CNC(=O)CN(S(=O)(=O)c2ccc(Cl)cc2)C1=O. The van der Waals surface area contributed by atoms with Gasteiger partial charge < -0.3 is 10.1 Å². The third-order valence-electron chi connectivity index (χ3n) is 4.90. The minimum atomic E-state index is -4.62. The van der Waals surface area contributed by atoms with Gasteiger partial charge in [-0.2, -0.15) is 13.2 Å². The molecule has 0 radical (unpaired) electrons. The smallest absolute Gasteiger partial charge is 0.416 e. The molecule has 0 spiro atoms. The zero-order valence-corrected chi connectivity index (χ0v) is 18.2. The van der Waals surface area contributed by atoms with Crippen LogP contribution in [-0.4, -0.2) is 44.7 Å². The van der Waals surface area contributed by atoms with E-state index in [1.165, 1.54) is 31.4 Å². The maximum atomic E-state index is 13.1. The summed E-state index contributed by atoms with van der Waals surface area (Å²) in [6.45, 7) is -0.996. The summed E-state index contributed by atoms with van der Waals surface area (Å²) in [5.74, 6) is -2.67. The molecule has 32 heavy (non-hydrogen) atoms. The van der Waals surface area contributed by atoms with Crippen molar-refractivity contribution in [2.45, 2.75) is 17.5 Å². The molecule has 2 amide bonds. The van der Waals surface area contributed by atoms with E-state index in [1.54, 1.807) is 0 Å². The van der Waals surface area contributed by atoms with Crippen LogP contribution in [0.2, 0.25) is 5.02 Å². The van der Waals surface area contributed by atoms with Gasteiger partial charge in [-0.05, 0) is 54.4 Å². The zero-order valence-electron chi connectivity index (χ0n) is 16.6. The fraction of sp³-hybridized carbons (Fsp3) is 0.300. The molecule has 1 heterocycles. The molecule has 1 aliphatic rings. The van der Waals surface area contributed by atoms with E-state index in [9.17, 15) is 31.2 Å². The Hall–Kier alpha value is -2.79. The second-order valence-corrected chi connectivity index (χ2v) is 9.33. The number of nitrogens with one attached hydrogen (secondary N) is 1. The summed E-state index contributed by atoms with van der Waals surface area (Å²) in [6.07, 6.45) is -4.90. The number of methoxy groups -OCH3 is 1. The zero-order chi connectivity index (χ0) is 23.7. The molecule has 2 aromatic rings. The third kappa shape index (κ3) is 4.99. The van der Waals surface area contributed by atoms with Crippen LogP contribution in [-0.2, 0) is 32.2 Å². The van der Waals surface area contributed by atoms with E-state index in [2.05, 4.69) is 5.32 Å². The molecule has 172 valence electrons. The van der Waals surface area contributed by atoms with Crippen LogP contribution >= 0.6 is 11.6 Å². The fourth-order valence-corrected chi connectivity index (χ4v) is 4.80. The van der Waals surface area contributed by atoms with Gasteiger partial charge in [0.25, 0.3) is 10.0 Å². The number of sulfonamides is 1. The molecule has 0 aliphatic carbocycles. The fourth-order valence-electron chi connectivity index (χ4n) is 3.27. The molecule has 1 atom stereocenters. The lowest BCUT2D eigenvalue weighted by Gasteiger charge is -2.23. The van der Waals surface area contributed by atoms with E-state index < -0.39 is 46.0 Å². The second kappa shape index (κ2) is 8.99. The monoisotopic (exact) mass is 490 g/mol. The Morgan fingerprint density at radius 3 is 2.41 bits per heavy atom. The molecule has 1 N–H and O–H groups in total. The molecule has 1 unspecified atom stereocenters. The minimum Gasteiger partial charge on any atom is -0.496 e. The van der Waals surface area contributed by atoms with Gasteiger partial charge >= 0.3 is 6.18 Å². The molecule has 1 saturated heterocycles. The highest BCUT2D eigenvalue weighted by Gasteiger charge is 2.39. The van der Waals surface area contributed by atoms with Gasteiger partial charge in [0.15, 0.2) is 0 Å². The minimum absolute atomic E-state index is 0.0562. The molecule has 1 aliphatic heterocycles. The van der Waals surface area contributed by atoms with Crippen molar-refractivity contribution in [1.29, 1.82) is 0 Å². The summed E-state index contributed by atoms with van der Waals surface area (Å²) in [7, 11) is -3.14. The van der Waals surface area contributed by atoms with E-state index in [1.807, 2.05) is 0 Å². The topological polar surface area (TPSA) is 92.8 Å². The molecule has 12 heteroatoms. The summed E-state index contributed by atoms with van der Waals surface area (Å²) in [6, 6.07) is 7.84. The van der Waals surface area contributed by atoms with Gasteiger partial charge in [-0.1, -0.05) is 11.6 Å². The number of hydrogen-bond donors (Lipinski definition) is 1. The Morgan fingerprint density at radius 2 is 1.81 bits per heavy atom. The van der Waals surface area contributed by atoms with Gasteiger partial charge in [0.05, 0.1) is 23.5 Å². The van der Waals surface area contributed by atoms with Gasteiger partial charge in [-0.3, -0.25) is 9.59 Å². The molecule has 0 saturated carbocycles. The Bertz CT molecular complexity index is 1140. The van der Waals surface area contributed by atoms with E-state index >= 15 is 0 Å². The van der Waals surface area contributed by atoms with Gasteiger partial charge in [-0.25, -0.2) is 12.7 Å². The predicted molar refractivity (Wildman–Crippen MR) is 109 cm³/mol. The highest BCUT2D eigenvalue weighted by atomic mass is 35.5. The van der Waals surface area contributed by atoms with Crippen LogP contribution in [0.4, 0.5) is 13.2 Å². The Balaban J connectivity index is 1.97. The lowest BCUT2D eigenvalue weighted by molar-refractivity contribution is -0.137. The number of hydrogen-bond acceptors (Lipinski definition) is 5. The van der Waals surface area contributed by atoms with Crippen LogP contribution in [0.15, 0.2) is 47.4 Å². The molecule has 7 nitrogen and oxygen atoms in total. The number of rotatable bonds is 5. The second-order valence-electron chi connectivity index (χ2n) is 7.03. The normalized spacial score (nSPS) is 17.7. The first kappa shape index (κ1) is 23.9. The standard InChI is InChI=1S/C20H18ClF3N2O5S/c1-31-17-7-2-14(20(22,23)24)9-12(17)8-13-10-25-18(27)11-26(19(13)28)32(29,30)16-5-3-15(21)4-6-16/h2-7,9,13H,8,10-11H2,1H3,(H,25,27). The highest BCUT2D eigenvalue weighted by molar-refractivity contribution is 7.89. The van der Waals surface area contributed by atoms with Crippen LogP contribution in [0, 0.1) is 5.92 Å². The van der Waals surface area contributed by atoms with Crippen molar-refractivity contribution in [2.24, 2.45) is 5.92 Å². The molecule has 3 rings (SSSR count). The first-order chi connectivity index (χ1) is 14.9. The maximum absolute atomic E-state index is 13.1. The number of nitrogens with zero attached hydrogens (tertiary/aromatic N) is 1.